The van der Waals surface area contributed by atoms with E-state index < -0.39 is 0 Å². The number of nitrogens with zero attached hydrogens (tertiary/aromatic N) is 1. The monoisotopic (exact) mass is 255 g/mol. The molecule has 1 aliphatic heterocycles. The van der Waals surface area contributed by atoms with Gasteiger partial charge in [0.1, 0.15) is 0 Å². The summed E-state index contributed by atoms with van der Waals surface area (Å²) in [6, 6.07) is 0. The fraction of sp³-hybridized carbons (Fsp3) is 0.929. The lowest BCUT2D eigenvalue weighted by atomic mass is 9.87. The molecule has 0 radical (unpaired) electrons. The van der Waals surface area contributed by atoms with E-state index in [2.05, 4.69) is 43.3 Å². The van der Waals surface area contributed by atoms with Gasteiger partial charge in [0.2, 0.25) is 0 Å². The molecule has 106 valence electrons. The van der Waals surface area contributed by atoms with Crippen LogP contribution in [0.2, 0.25) is 0 Å². The van der Waals surface area contributed by atoms with Crippen LogP contribution in [0.1, 0.15) is 40.5 Å². The SMILES string of the molecule is CCNC(=NC[C@@H]1CCCO[C@H]1C(C)C)NCC. The van der Waals surface area contributed by atoms with E-state index in [1.165, 1.54) is 12.8 Å². The molecule has 0 spiro atoms. The van der Waals surface area contributed by atoms with Crippen molar-refractivity contribution >= 4 is 5.96 Å². The summed E-state index contributed by atoms with van der Waals surface area (Å²) in [7, 11) is 0. The summed E-state index contributed by atoms with van der Waals surface area (Å²) < 4.78 is 5.89. The van der Waals surface area contributed by atoms with Gasteiger partial charge in [0.25, 0.3) is 0 Å². The van der Waals surface area contributed by atoms with Gasteiger partial charge in [0, 0.05) is 32.2 Å². The maximum Gasteiger partial charge on any atom is 0.191 e. The zero-order valence-electron chi connectivity index (χ0n) is 12.3. The Morgan fingerprint density at radius 2 is 1.94 bits per heavy atom. The van der Waals surface area contributed by atoms with E-state index in [0.717, 1.165) is 32.2 Å². The van der Waals surface area contributed by atoms with Crippen molar-refractivity contribution in [3.8, 4) is 0 Å². The second-order valence-corrected chi connectivity index (χ2v) is 5.23. The van der Waals surface area contributed by atoms with E-state index in [1.807, 2.05) is 0 Å². The molecule has 18 heavy (non-hydrogen) atoms. The summed E-state index contributed by atoms with van der Waals surface area (Å²) in [5, 5.41) is 6.53. The van der Waals surface area contributed by atoms with Gasteiger partial charge >= 0.3 is 0 Å². The van der Waals surface area contributed by atoms with Crippen molar-refractivity contribution in [3.05, 3.63) is 0 Å². The molecule has 2 N–H and O–H groups in total. The molecular weight excluding hydrogens is 226 g/mol. The quantitative estimate of drug-likeness (QED) is 0.583. The Morgan fingerprint density at radius 1 is 1.28 bits per heavy atom. The number of rotatable bonds is 5. The first-order chi connectivity index (χ1) is 8.69. The van der Waals surface area contributed by atoms with Gasteiger partial charge < -0.3 is 15.4 Å². The number of hydrogen-bond donors (Lipinski definition) is 2. The Bertz CT molecular complexity index is 245. The molecule has 1 rings (SSSR count). The summed E-state index contributed by atoms with van der Waals surface area (Å²) in [6.07, 6.45) is 2.77. The zero-order chi connectivity index (χ0) is 13.4. The standard InChI is InChI=1S/C14H29N3O/c1-5-15-14(16-6-2)17-10-12-8-7-9-18-13(12)11(3)4/h11-13H,5-10H2,1-4H3,(H2,15,16,17)/t12-,13-/m0/s1. The highest BCUT2D eigenvalue weighted by Gasteiger charge is 2.28. The van der Waals surface area contributed by atoms with Gasteiger partial charge in [0.15, 0.2) is 5.96 Å². The first-order valence-electron chi connectivity index (χ1n) is 7.32. The van der Waals surface area contributed by atoms with Crippen LogP contribution in [0.5, 0.6) is 0 Å². The second kappa shape index (κ2) is 8.35. The maximum absolute atomic E-state index is 5.89. The molecule has 0 bridgehead atoms. The third kappa shape index (κ3) is 4.84. The topological polar surface area (TPSA) is 45.7 Å². The Hall–Kier alpha value is -0.770. The number of nitrogens with one attached hydrogen (secondary N) is 2. The van der Waals surface area contributed by atoms with Crippen molar-refractivity contribution in [1.82, 2.24) is 10.6 Å². The van der Waals surface area contributed by atoms with Gasteiger partial charge in [-0.1, -0.05) is 13.8 Å². The average Bonchev–Trinajstić information content (AvgIpc) is 2.36. The van der Waals surface area contributed by atoms with E-state index >= 15 is 0 Å². The molecule has 1 aliphatic rings. The molecule has 0 saturated carbocycles. The van der Waals surface area contributed by atoms with Crippen molar-refractivity contribution in [2.24, 2.45) is 16.8 Å². The summed E-state index contributed by atoms with van der Waals surface area (Å²) in [6.45, 7) is 12.2. The number of ether oxygens (including phenoxy) is 1. The van der Waals surface area contributed by atoms with Gasteiger partial charge in [-0.2, -0.15) is 0 Å². The molecule has 0 aromatic heterocycles. The summed E-state index contributed by atoms with van der Waals surface area (Å²) in [5.41, 5.74) is 0. The smallest absolute Gasteiger partial charge is 0.191 e. The first-order valence-corrected chi connectivity index (χ1v) is 7.32. The normalized spacial score (nSPS) is 23.8. The Morgan fingerprint density at radius 3 is 2.50 bits per heavy atom. The minimum atomic E-state index is 0.368. The molecule has 1 fully saturated rings. The van der Waals surface area contributed by atoms with Crippen LogP contribution in [0.25, 0.3) is 0 Å². The molecule has 4 heteroatoms. The van der Waals surface area contributed by atoms with Crippen LogP contribution in [0.3, 0.4) is 0 Å². The lowest BCUT2D eigenvalue weighted by molar-refractivity contribution is -0.0491. The molecule has 0 aromatic carbocycles. The lowest BCUT2D eigenvalue weighted by Gasteiger charge is -2.33. The predicted molar refractivity (Wildman–Crippen MR) is 77.0 cm³/mol. The second-order valence-electron chi connectivity index (χ2n) is 5.23. The molecule has 4 nitrogen and oxygen atoms in total. The van der Waals surface area contributed by atoms with Crippen LogP contribution in [-0.2, 0) is 4.74 Å². The van der Waals surface area contributed by atoms with Gasteiger partial charge in [-0.05, 0) is 32.6 Å². The first kappa shape index (κ1) is 15.3. The van der Waals surface area contributed by atoms with Crippen LogP contribution in [0.4, 0.5) is 0 Å². The summed E-state index contributed by atoms with van der Waals surface area (Å²) in [5.74, 6) is 2.06. The molecule has 2 atom stereocenters. The maximum atomic E-state index is 5.89. The van der Waals surface area contributed by atoms with Crippen LogP contribution in [0.15, 0.2) is 4.99 Å². The number of guanidine groups is 1. The predicted octanol–water partition coefficient (Wildman–Crippen LogP) is 2.01. The van der Waals surface area contributed by atoms with Gasteiger partial charge in [0.05, 0.1) is 6.10 Å². The third-order valence-corrected chi connectivity index (χ3v) is 3.32. The van der Waals surface area contributed by atoms with Crippen LogP contribution in [0, 0.1) is 11.8 Å². The van der Waals surface area contributed by atoms with E-state index in [-0.39, 0.29) is 0 Å². The van der Waals surface area contributed by atoms with Crippen LogP contribution >= 0.6 is 0 Å². The van der Waals surface area contributed by atoms with Crippen molar-refractivity contribution in [2.75, 3.05) is 26.2 Å². The molecular formula is C14H29N3O. The van der Waals surface area contributed by atoms with E-state index in [9.17, 15) is 0 Å². The van der Waals surface area contributed by atoms with E-state index in [1.54, 1.807) is 0 Å². The van der Waals surface area contributed by atoms with Crippen molar-refractivity contribution in [2.45, 2.75) is 46.6 Å². The molecule has 1 saturated heterocycles. The van der Waals surface area contributed by atoms with Gasteiger partial charge in [-0.3, -0.25) is 4.99 Å². The van der Waals surface area contributed by atoms with E-state index in [4.69, 9.17) is 4.74 Å². The molecule has 1 heterocycles. The minimum absolute atomic E-state index is 0.368. The minimum Gasteiger partial charge on any atom is -0.378 e. The highest BCUT2D eigenvalue weighted by molar-refractivity contribution is 5.79. The molecule has 0 unspecified atom stereocenters. The highest BCUT2D eigenvalue weighted by Crippen LogP contribution is 2.26. The fourth-order valence-corrected chi connectivity index (χ4v) is 2.51. The summed E-state index contributed by atoms with van der Waals surface area (Å²) in [4.78, 5) is 4.67. The molecule has 0 amide bonds. The largest absolute Gasteiger partial charge is 0.378 e. The summed E-state index contributed by atoms with van der Waals surface area (Å²) >= 11 is 0. The number of hydrogen-bond acceptors (Lipinski definition) is 2. The third-order valence-electron chi connectivity index (χ3n) is 3.32. The lowest BCUT2D eigenvalue weighted by Crippen LogP contribution is -2.39. The van der Waals surface area contributed by atoms with Gasteiger partial charge in [-0.15, -0.1) is 0 Å². The van der Waals surface area contributed by atoms with Gasteiger partial charge in [-0.25, -0.2) is 0 Å². The van der Waals surface area contributed by atoms with Crippen molar-refractivity contribution in [1.29, 1.82) is 0 Å². The van der Waals surface area contributed by atoms with Crippen molar-refractivity contribution in [3.63, 3.8) is 0 Å². The average molecular weight is 255 g/mol. The molecule has 0 aliphatic carbocycles. The van der Waals surface area contributed by atoms with Crippen LogP contribution < -0.4 is 10.6 Å². The Balaban J connectivity index is 2.53. The Kier molecular flexibility index (Phi) is 7.09. The fourth-order valence-electron chi connectivity index (χ4n) is 2.51. The number of aliphatic imine (C=N–C) groups is 1. The Labute approximate surface area is 112 Å². The van der Waals surface area contributed by atoms with Crippen LogP contribution in [-0.4, -0.2) is 38.3 Å². The van der Waals surface area contributed by atoms with E-state index in [0.29, 0.717) is 17.9 Å². The van der Waals surface area contributed by atoms with Crippen molar-refractivity contribution < 1.29 is 4.74 Å². The molecule has 0 aromatic rings. The highest BCUT2D eigenvalue weighted by atomic mass is 16.5. The zero-order valence-corrected chi connectivity index (χ0v) is 12.3.